The number of amides is 2. The number of aryl methyl sites for hydroxylation is 1. The number of carbonyl (C=O) groups excluding carboxylic acids is 1. The molecule has 19 heavy (non-hydrogen) atoms. The van der Waals surface area contributed by atoms with Crippen molar-refractivity contribution in [2.75, 3.05) is 19.7 Å². The van der Waals surface area contributed by atoms with Gasteiger partial charge in [0.25, 0.3) is 0 Å². The molecule has 0 aliphatic carbocycles. The van der Waals surface area contributed by atoms with Crippen LogP contribution in [0.5, 0.6) is 0 Å². The summed E-state index contributed by atoms with van der Waals surface area (Å²) < 4.78 is 1.20. The zero-order valence-electron chi connectivity index (χ0n) is 10.6. The average Bonchev–Trinajstić information content (AvgIpc) is 2.84. The van der Waals surface area contributed by atoms with E-state index in [1.165, 1.54) is 4.70 Å². The lowest BCUT2D eigenvalue weighted by atomic mass is 10.3. The molecule has 1 heterocycles. The van der Waals surface area contributed by atoms with Crippen LogP contribution in [0, 0.1) is 0 Å². The Morgan fingerprint density at radius 3 is 2.84 bits per heavy atom. The van der Waals surface area contributed by atoms with Crippen LogP contribution in [-0.4, -0.2) is 35.8 Å². The molecule has 102 valence electrons. The standard InChI is InChI=1S/C13H17N3O2S/c17-9-8-15-13(18)14-7-3-6-12-16-10-4-1-2-5-11(10)19-12/h1-2,4-5,17H,3,6-9H2,(H2,14,15,18). The Morgan fingerprint density at radius 2 is 2.05 bits per heavy atom. The van der Waals surface area contributed by atoms with E-state index in [1.807, 2.05) is 18.2 Å². The van der Waals surface area contributed by atoms with Gasteiger partial charge in [-0.25, -0.2) is 9.78 Å². The van der Waals surface area contributed by atoms with Crippen molar-refractivity contribution in [3.63, 3.8) is 0 Å². The third-order valence-corrected chi connectivity index (χ3v) is 3.68. The summed E-state index contributed by atoms with van der Waals surface area (Å²) in [4.78, 5) is 15.7. The first kappa shape index (κ1) is 13.8. The molecule has 2 rings (SSSR count). The maximum Gasteiger partial charge on any atom is 0.314 e. The molecule has 0 aliphatic heterocycles. The van der Waals surface area contributed by atoms with Gasteiger partial charge in [-0.3, -0.25) is 0 Å². The second-order valence-electron chi connectivity index (χ2n) is 4.09. The molecular weight excluding hydrogens is 262 g/mol. The number of carbonyl (C=O) groups is 1. The normalized spacial score (nSPS) is 10.6. The van der Waals surface area contributed by atoms with Crippen molar-refractivity contribution in [3.8, 4) is 0 Å². The largest absolute Gasteiger partial charge is 0.395 e. The van der Waals surface area contributed by atoms with E-state index in [-0.39, 0.29) is 19.2 Å². The van der Waals surface area contributed by atoms with Crippen LogP contribution < -0.4 is 10.6 Å². The van der Waals surface area contributed by atoms with Crippen molar-refractivity contribution in [2.24, 2.45) is 0 Å². The zero-order chi connectivity index (χ0) is 13.5. The van der Waals surface area contributed by atoms with E-state index in [0.717, 1.165) is 23.4 Å². The van der Waals surface area contributed by atoms with Gasteiger partial charge in [0.05, 0.1) is 21.8 Å². The van der Waals surface area contributed by atoms with Gasteiger partial charge < -0.3 is 15.7 Å². The first-order valence-corrected chi connectivity index (χ1v) is 7.08. The van der Waals surface area contributed by atoms with E-state index in [2.05, 4.69) is 21.7 Å². The summed E-state index contributed by atoms with van der Waals surface area (Å²) in [5, 5.41) is 14.9. The molecule has 6 heteroatoms. The topological polar surface area (TPSA) is 74.2 Å². The van der Waals surface area contributed by atoms with E-state index in [1.54, 1.807) is 11.3 Å². The van der Waals surface area contributed by atoms with Gasteiger partial charge in [0, 0.05) is 19.5 Å². The van der Waals surface area contributed by atoms with Gasteiger partial charge in [-0.1, -0.05) is 12.1 Å². The molecule has 1 aromatic heterocycles. The minimum Gasteiger partial charge on any atom is -0.395 e. The Balaban J connectivity index is 1.72. The fourth-order valence-corrected chi connectivity index (χ4v) is 2.71. The van der Waals surface area contributed by atoms with E-state index in [0.29, 0.717) is 6.54 Å². The molecule has 0 fully saturated rings. The summed E-state index contributed by atoms with van der Waals surface area (Å²) in [6, 6.07) is 7.84. The summed E-state index contributed by atoms with van der Waals surface area (Å²) in [5.41, 5.74) is 1.04. The fraction of sp³-hybridized carbons (Fsp3) is 0.385. The van der Waals surface area contributed by atoms with Crippen LogP contribution in [0.4, 0.5) is 4.79 Å². The zero-order valence-corrected chi connectivity index (χ0v) is 11.4. The number of benzene rings is 1. The summed E-state index contributed by atoms with van der Waals surface area (Å²) in [5.74, 6) is 0. The smallest absolute Gasteiger partial charge is 0.314 e. The Kier molecular flexibility index (Phi) is 5.11. The van der Waals surface area contributed by atoms with E-state index in [9.17, 15) is 4.79 Å². The summed E-state index contributed by atoms with van der Waals surface area (Å²) in [6.07, 6.45) is 1.71. The number of para-hydroxylation sites is 1. The molecular formula is C13H17N3O2S. The van der Waals surface area contributed by atoms with Gasteiger partial charge in [-0.05, 0) is 18.6 Å². The van der Waals surface area contributed by atoms with Crippen LogP contribution in [0.2, 0.25) is 0 Å². The highest BCUT2D eigenvalue weighted by Crippen LogP contribution is 2.22. The molecule has 1 aromatic carbocycles. The lowest BCUT2D eigenvalue weighted by molar-refractivity contribution is 0.234. The van der Waals surface area contributed by atoms with Crippen molar-refractivity contribution in [1.82, 2.24) is 15.6 Å². The van der Waals surface area contributed by atoms with Crippen molar-refractivity contribution in [3.05, 3.63) is 29.3 Å². The molecule has 5 nitrogen and oxygen atoms in total. The van der Waals surface area contributed by atoms with Crippen LogP contribution in [0.25, 0.3) is 10.2 Å². The number of aliphatic hydroxyl groups is 1. The number of hydrogen-bond acceptors (Lipinski definition) is 4. The van der Waals surface area contributed by atoms with Crippen LogP contribution in [0.15, 0.2) is 24.3 Å². The van der Waals surface area contributed by atoms with E-state index < -0.39 is 0 Å². The van der Waals surface area contributed by atoms with Crippen LogP contribution in [0.1, 0.15) is 11.4 Å². The van der Waals surface area contributed by atoms with Gasteiger partial charge in [-0.2, -0.15) is 0 Å². The molecule has 0 unspecified atom stereocenters. The van der Waals surface area contributed by atoms with E-state index in [4.69, 9.17) is 5.11 Å². The Hall–Kier alpha value is -1.66. The molecule has 0 aliphatic rings. The maximum atomic E-state index is 11.2. The molecule has 2 aromatic rings. The van der Waals surface area contributed by atoms with Crippen molar-refractivity contribution in [2.45, 2.75) is 12.8 Å². The summed E-state index contributed by atoms with van der Waals surface area (Å²) in [7, 11) is 0. The molecule has 2 amide bonds. The number of thiazole rings is 1. The van der Waals surface area contributed by atoms with Crippen molar-refractivity contribution >= 4 is 27.6 Å². The lowest BCUT2D eigenvalue weighted by Gasteiger charge is -2.05. The molecule has 0 saturated carbocycles. The average molecular weight is 279 g/mol. The molecule has 0 radical (unpaired) electrons. The molecule has 0 bridgehead atoms. The predicted molar refractivity (Wildman–Crippen MR) is 76.4 cm³/mol. The highest BCUT2D eigenvalue weighted by molar-refractivity contribution is 7.18. The first-order valence-electron chi connectivity index (χ1n) is 6.26. The van der Waals surface area contributed by atoms with Crippen LogP contribution in [0.3, 0.4) is 0 Å². The van der Waals surface area contributed by atoms with E-state index >= 15 is 0 Å². The predicted octanol–water partition coefficient (Wildman–Crippen LogP) is 1.52. The number of aliphatic hydroxyl groups excluding tert-OH is 1. The number of rotatable bonds is 6. The Labute approximate surface area is 115 Å². The minimum atomic E-state index is -0.238. The van der Waals surface area contributed by atoms with Crippen molar-refractivity contribution in [1.29, 1.82) is 0 Å². The van der Waals surface area contributed by atoms with Gasteiger partial charge >= 0.3 is 6.03 Å². The van der Waals surface area contributed by atoms with Gasteiger partial charge in [0.1, 0.15) is 0 Å². The van der Waals surface area contributed by atoms with Gasteiger partial charge in [-0.15, -0.1) is 11.3 Å². The molecule has 3 N–H and O–H groups in total. The SMILES string of the molecule is O=C(NCCO)NCCCc1nc2ccccc2s1. The highest BCUT2D eigenvalue weighted by atomic mass is 32.1. The highest BCUT2D eigenvalue weighted by Gasteiger charge is 2.03. The van der Waals surface area contributed by atoms with Crippen LogP contribution in [-0.2, 0) is 6.42 Å². The number of nitrogens with zero attached hydrogens (tertiary/aromatic N) is 1. The molecule has 0 spiro atoms. The van der Waals surface area contributed by atoms with Gasteiger partial charge in [0.15, 0.2) is 0 Å². The summed E-state index contributed by atoms with van der Waals surface area (Å²) >= 11 is 1.70. The fourth-order valence-electron chi connectivity index (χ4n) is 1.70. The van der Waals surface area contributed by atoms with Crippen LogP contribution >= 0.6 is 11.3 Å². The molecule has 0 saturated heterocycles. The number of nitrogens with one attached hydrogen (secondary N) is 2. The van der Waals surface area contributed by atoms with Crippen molar-refractivity contribution < 1.29 is 9.90 Å². The number of aromatic nitrogens is 1. The number of hydrogen-bond donors (Lipinski definition) is 3. The second kappa shape index (κ2) is 7.06. The Morgan fingerprint density at radius 1 is 1.26 bits per heavy atom. The summed E-state index contributed by atoms with van der Waals surface area (Å²) in [6.45, 7) is 0.843. The lowest BCUT2D eigenvalue weighted by Crippen LogP contribution is -2.37. The van der Waals surface area contributed by atoms with Gasteiger partial charge in [0.2, 0.25) is 0 Å². The monoisotopic (exact) mass is 279 g/mol. The Bertz CT molecular complexity index is 508. The first-order chi connectivity index (χ1) is 9.29. The third kappa shape index (κ3) is 4.18. The second-order valence-corrected chi connectivity index (χ2v) is 5.20. The maximum absolute atomic E-state index is 11.2. The molecule has 0 atom stereocenters. The minimum absolute atomic E-state index is 0.0425. The quantitative estimate of drug-likeness (QED) is 0.702. The number of fused-ring (bicyclic) bond motifs is 1. The number of urea groups is 1. The third-order valence-electron chi connectivity index (χ3n) is 2.59.